The first-order valence-electron chi connectivity index (χ1n) is 9.33. The Labute approximate surface area is 149 Å². The number of likely N-dealkylation sites (tertiary alicyclic amines) is 1. The van der Waals surface area contributed by atoms with Crippen LogP contribution in [-0.2, 0) is 6.54 Å². The number of hydrogen-bond donors (Lipinski definition) is 1. The third-order valence-electron chi connectivity index (χ3n) is 5.59. The van der Waals surface area contributed by atoms with E-state index in [9.17, 15) is 5.11 Å². The molecule has 2 atom stereocenters. The molecule has 1 aromatic carbocycles. The summed E-state index contributed by atoms with van der Waals surface area (Å²) in [5, 5.41) is 15.0. The lowest BCUT2D eigenvalue weighted by Crippen LogP contribution is -2.24. The van der Waals surface area contributed by atoms with Gasteiger partial charge < -0.3 is 9.84 Å². The highest BCUT2D eigenvalue weighted by Gasteiger charge is 2.32. The van der Waals surface area contributed by atoms with Gasteiger partial charge in [0.25, 0.3) is 0 Å². The van der Waals surface area contributed by atoms with Crippen LogP contribution in [0, 0.1) is 0 Å². The summed E-state index contributed by atoms with van der Waals surface area (Å²) in [4.78, 5) is 2.33. The normalized spacial score (nSPS) is 24.9. The quantitative estimate of drug-likeness (QED) is 0.906. The Morgan fingerprint density at radius 3 is 2.88 bits per heavy atom. The number of ether oxygens (including phenoxy) is 1. The minimum atomic E-state index is -0.284. The van der Waals surface area contributed by atoms with Gasteiger partial charge in [0, 0.05) is 25.3 Å². The zero-order valence-corrected chi connectivity index (χ0v) is 14.8. The van der Waals surface area contributed by atoms with Gasteiger partial charge in [0.05, 0.1) is 24.9 Å². The number of nitrogens with zero attached hydrogens (tertiary/aromatic N) is 3. The van der Waals surface area contributed by atoms with E-state index in [-0.39, 0.29) is 12.1 Å². The summed E-state index contributed by atoms with van der Waals surface area (Å²) in [6.07, 6.45) is 7.72. The summed E-state index contributed by atoms with van der Waals surface area (Å²) >= 11 is 0. The molecule has 1 N–H and O–H groups in total. The predicted octanol–water partition coefficient (Wildman–Crippen LogP) is 3.31. The molecule has 4 rings (SSSR count). The van der Waals surface area contributed by atoms with Crippen LogP contribution in [0.15, 0.2) is 36.5 Å². The summed E-state index contributed by atoms with van der Waals surface area (Å²) in [5.41, 5.74) is 2.29. The number of methoxy groups -OCH3 is 1. The highest BCUT2D eigenvalue weighted by atomic mass is 16.5. The fourth-order valence-electron chi connectivity index (χ4n) is 4.29. The van der Waals surface area contributed by atoms with E-state index in [1.54, 1.807) is 7.11 Å². The van der Waals surface area contributed by atoms with Gasteiger partial charge in [-0.05, 0) is 43.0 Å². The van der Waals surface area contributed by atoms with E-state index in [2.05, 4.69) is 34.0 Å². The number of benzene rings is 1. The molecular weight excluding hydrogens is 314 g/mol. The Bertz CT molecular complexity index is 708. The lowest BCUT2D eigenvalue weighted by Gasteiger charge is -2.24. The van der Waals surface area contributed by atoms with Gasteiger partial charge in [-0.25, -0.2) is 0 Å². The molecule has 1 aliphatic carbocycles. The molecule has 1 aromatic heterocycles. The molecule has 134 valence electrons. The maximum atomic E-state index is 10.2. The SMILES string of the molecule is COc1cccc([C@H]2C[C@H](O)CN2Cc2ccn(C3CCCC3)n2)c1. The number of aromatic nitrogens is 2. The molecule has 0 bridgehead atoms. The third-order valence-corrected chi connectivity index (χ3v) is 5.59. The molecule has 2 aliphatic rings. The second-order valence-electron chi connectivity index (χ2n) is 7.34. The summed E-state index contributed by atoms with van der Waals surface area (Å²) in [7, 11) is 1.69. The largest absolute Gasteiger partial charge is 0.497 e. The number of rotatable bonds is 5. The number of aliphatic hydroxyl groups excluding tert-OH is 1. The lowest BCUT2D eigenvalue weighted by atomic mass is 10.0. The Morgan fingerprint density at radius 2 is 2.08 bits per heavy atom. The van der Waals surface area contributed by atoms with Gasteiger partial charge >= 0.3 is 0 Å². The fraction of sp³-hybridized carbons (Fsp3) is 0.550. The van der Waals surface area contributed by atoms with Crippen LogP contribution < -0.4 is 4.74 Å². The van der Waals surface area contributed by atoms with Crippen molar-refractivity contribution >= 4 is 0 Å². The summed E-state index contributed by atoms with van der Waals surface area (Å²) in [6.45, 7) is 1.47. The van der Waals surface area contributed by atoms with Crippen LogP contribution in [-0.4, -0.2) is 39.5 Å². The number of aliphatic hydroxyl groups is 1. The zero-order chi connectivity index (χ0) is 17.2. The van der Waals surface area contributed by atoms with E-state index in [0.29, 0.717) is 12.6 Å². The molecule has 2 aromatic rings. The number of hydrogen-bond acceptors (Lipinski definition) is 4. The molecule has 5 heteroatoms. The second-order valence-corrected chi connectivity index (χ2v) is 7.34. The molecule has 0 radical (unpaired) electrons. The molecule has 0 unspecified atom stereocenters. The molecular formula is C20H27N3O2. The first kappa shape index (κ1) is 16.6. The molecule has 2 heterocycles. The second kappa shape index (κ2) is 7.18. The summed E-state index contributed by atoms with van der Waals surface area (Å²) < 4.78 is 7.51. The molecule has 0 spiro atoms. The van der Waals surface area contributed by atoms with Crippen molar-refractivity contribution in [1.82, 2.24) is 14.7 Å². The van der Waals surface area contributed by atoms with Crippen molar-refractivity contribution < 1.29 is 9.84 Å². The summed E-state index contributed by atoms with van der Waals surface area (Å²) in [5.74, 6) is 0.865. The van der Waals surface area contributed by atoms with Crippen LogP contribution in [0.2, 0.25) is 0 Å². The standard InChI is InChI=1S/C20H27N3O2/c1-25-19-8-4-5-15(11-19)20-12-18(24)14-22(20)13-16-9-10-23(21-16)17-6-2-3-7-17/h4-5,8-11,17-18,20,24H,2-3,6-7,12-14H2,1H3/t18-,20+/m0/s1. The lowest BCUT2D eigenvalue weighted by molar-refractivity contribution is 0.172. The Hall–Kier alpha value is -1.85. The van der Waals surface area contributed by atoms with Crippen LogP contribution in [0.3, 0.4) is 0 Å². The summed E-state index contributed by atoms with van der Waals surface area (Å²) in [6, 6.07) is 11.1. The van der Waals surface area contributed by atoms with Crippen molar-refractivity contribution in [2.24, 2.45) is 0 Å². The van der Waals surface area contributed by atoms with E-state index in [0.717, 1.165) is 24.4 Å². The van der Waals surface area contributed by atoms with Crippen molar-refractivity contribution in [3.05, 3.63) is 47.8 Å². The predicted molar refractivity (Wildman–Crippen MR) is 96.5 cm³/mol. The van der Waals surface area contributed by atoms with Crippen LogP contribution in [0.4, 0.5) is 0 Å². The van der Waals surface area contributed by atoms with Crippen LogP contribution in [0.5, 0.6) is 5.75 Å². The molecule has 1 aliphatic heterocycles. The molecule has 5 nitrogen and oxygen atoms in total. The van der Waals surface area contributed by atoms with Gasteiger partial charge in [0.2, 0.25) is 0 Å². The minimum absolute atomic E-state index is 0.210. The van der Waals surface area contributed by atoms with Crippen molar-refractivity contribution in [1.29, 1.82) is 0 Å². The van der Waals surface area contributed by atoms with Gasteiger partial charge in [-0.15, -0.1) is 0 Å². The van der Waals surface area contributed by atoms with E-state index in [1.807, 2.05) is 12.1 Å². The molecule has 2 fully saturated rings. The molecule has 25 heavy (non-hydrogen) atoms. The van der Waals surface area contributed by atoms with Gasteiger partial charge in [-0.1, -0.05) is 25.0 Å². The first-order valence-corrected chi connectivity index (χ1v) is 9.33. The molecule has 0 amide bonds. The Kier molecular flexibility index (Phi) is 4.77. The highest BCUT2D eigenvalue weighted by molar-refractivity contribution is 5.31. The fourth-order valence-corrected chi connectivity index (χ4v) is 4.29. The average Bonchev–Trinajstić information content (AvgIpc) is 3.36. The van der Waals surface area contributed by atoms with Crippen molar-refractivity contribution in [2.75, 3.05) is 13.7 Å². The maximum absolute atomic E-state index is 10.2. The monoisotopic (exact) mass is 341 g/mol. The Morgan fingerprint density at radius 1 is 1.24 bits per heavy atom. The smallest absolute Gasteiger partial charge is 0.119 e. The van der Waals surface area contributed by atoms with Crippen LogP contribution >= 0.6 is 0 Å². The van der Waals surface area contributed by atoms with E-state index in [4.69, 9.17) is 9.84 Å². The van der Waals surface area contributed by atoms with Crippen molar-refractivity contribution in [2.45, 2.75) is 56.8 Å². The highest BCUT2D eigenvalue weighted by Crippen LogP contribution is 2.35. The van der Waals surface area contributed by atoms with Crippen LogP contribution in [0.25, 0.3) is 0 Å². The first-order chi connectivity index (χ1) is 12.2. The topological polar surface area (TPSA) is 50.5 Å². The van der Waals surface area contributed by atoms with Gasteiger partial charge in [-0.2, -0.15) is 5.10 Å². The third kappa shape index (κ3) is 3.58. The minimum Gasteiger partial charge on any atom is -0.497 e. The molecule has 1 saturated heterocycles. The van der Waals surface area contributed by atoms with E-state index in [1.165, 1.54) is 31.2 Å². The molecule has 1 saturated carbocycles. The van der Waals surface area contributed by atoms with E-state index >= 15 is 0 Å². The van der Waals surface area contributed by atoms with Gasteiger partial charge in [-0.3, -0.25) is 9.58 Å². The van der Waals surface area contributed by atoms with Crippen LogP contribution in [0.1, 0.15) is 55.4 Å². The van der Waals surface area contributed by atoms with Crippen molar-refractivity contribution in [3.63, 3.8) is 0 Å². The Balaban J connectivity index is 1.50. The number of β-amino-alcohol motifs (C(OH)–C–C–N with tert-alkyl or cyclic N) is 1. The average molecular weight is 341 g/mol. The zero-order valence-electron chi connectivity index (χ0n) is 14.8. The van der Waals surface area contributed by atoms with Crippen molar-refractivity contribution in [3.8, 4) is 5.75 Å². The van der Waals surface area contributed by atoms with Gasteiger partial charge in [0.1, 0.15) is 5.75 Å². The van der Waals surface area contributed by atoms with Gasteiger partial charge in [0.15, 0.2) is 0 Å². The van der Waals surface area contributed by atoms with E-state index < -0.39 is 0 Å². The maximum Gasteiger partial charge on any atom is 0.119 e.